The van der Waals surface area contributed by atoms with Gasteiger partial charge in [-0.15, -0.1) is 0 Å². The fourth-order valence-electron chi connectivity index (χ4n) is 0.618. The fourth-order valence-corrected chi connectivity index (χ4v) is 1.22. The Hall–Kier alpha value is -0.250. The predicted octanol–water partition coefficient (Wildman–Crippen LogP) is -2.74. The summed E-state index contributed by atoms with van der Waals surface area (Å²) in [5.74, 6) is -4.19. The second-order valence-electron chi connectivity index (χ2n) is 2.38. The van der Waals surface area contributed by atoms with Crippen molar-refractivity contribution in [1.82, 2.24) is 0 Å². The van der Waals surface area contributed by atoms with Gasteiger partial charge in [0.25, 0.3) is 16.1 Å². The predicted molar refractivity (Wildman–Crippen MR) is 36.4 cm³/mol. The van der Waals surface area contributed by atoms with Crippen molar-refractivity contribution in [2.24, 2.45) is 0 Å². The highest BCUT2D eigenvalue weighted by Gasteiger charge is 2.26. The van der Waals surface area contributed by atoms with Gasteiger partial charge in [0.05, 0.1) is 12.5 Å². The van der Waals surface area contributed by atoms with E-state index in [0.717, 1.165) is 0 Å². The van der Waals surface area contributed by atoms with Crippen LogP contribution < -0.4 is 0 Å². The zero-order chi connectivity index (χ0) is 9.99. The molecule has 0 aliphatic carbocycles. The van der Waals surface area contributed by atoms with Crippen LogP contribution in [0.1, 0.15) is 6.42 Å². The molecule has 0 spiro atoms. The Morgan fingerprint density at radius 2 is 1.67 bits per heavy atom. The number of aliphatic hydroxyl groups excluding tert-OH is 1. The van der Waals surface area contributed by atoms with Crippen molar-refractivity contribution >= 4 is 10.1 Å². The van der Waals surface area contributed by atoms with Gasteiger partial charge in [-0.05, 0) is 0 Å². The van der Waals surface area contributed by atoms with E-state index in [0.29, 0.717) is 0 Å². The minimum atomic E-state index is -4.38. The molecule has 0 aliphatic heterocycles. The first-order valence-electron chi connectivity index (χ1n) is 2.90. The van der Waals surface area contributed by atoms with E-state index in [1.54, 1.807) is 0 Å². The molecule has 12 heavy (non-hydrogen) atoms. The summed E-state index contributed by atoms with van der Waals surface area (Å²) in [5, 5.41) is 33.5. The van der Waals surface area contributed by atoms with Crippen LogP contribution in [0.2, 0.25) is 0 Å². The zero-order valence-corrected chi connectivity index (χ0v) is 6.77. The second-order valence-corrected chi connectivity index (χ2v) is 3.88. The van der Waals surface area contributed by atoms with Gasteiger partial charge in [-0.3, -0.25) is 4.55 Å². The van der Waals surface area contributed by atoms with Crippen LogP contribution >= 0.6 is 0 Å². The van der Waals surface area contributed by atoms with Crippen LogP contribution in [0.5, 0.6) is 0 Å². The number of aliphatic hydroxyl groups is 4. The lowest BCUT2D eigenvalue weighted by Crippen LogP contribution is -2.35. The van der Waals surface area contributed by atoms with Gasteiger partial charge in [-0.2, -0.15) is 8.42 Å². The first-order valence-corrected chi connectivity index (χ1v) is 4.51. The Balaban J connectivity index is 4.00. The molecule has 1 unspecified atom stereocenters. The minimum absolute atomic E-state index is 0.979. The summed E-state index contributed by atoms with van der Waals surface area (Å²) < 4.78 is 28.3. The minimum Gasteiger partial charge on any atom is -0.392 e. The molecule has 7 nitrogen and oxygen atoms in total. The molecule has 0 saturated heterocycles. The Kier molecular flexibility index (Phi) is 3.57. The molecule has 1 atom stereocenters. The van der Waals surface area contributed by atoms with Gasteiger partial charge in [0, 0.05) is 0 Å². The van der Waals surface area contributed by atoms with Gasteiger partial charge in [0.15, 0.2) is 0 Å². The van der Waals surface area contributed by atoms with Crippen LogP contribution in [-0.2, 0) is 10.1 Å². The molecule has 0 bridgehead atoms. The largest absolute Gasteiger partial charge is 0.392 e. The number of hydrogen-bond acceptors (Lipinski definition) is 6. The van der Waals surface area contributed by atoms with Gasteiger partial charge in [-0.1, -0.05) is 0 Å². The molecular formula is C4H10O7S. The van der Waals surface area contributed by atoms with Crippen LogP contribution in [0, 0.1) is 0 Å². The van der Waals surface area contributed by atoms with E-state index in [4.69, 9.17) is 25.0 Å². The first-order chi connectivity index (χ1) is 5.10. The molecule has 0 heterocycles. The molecule has 0 aliphatic rings. The van der Waals surface area contributed by atoms with Crippen LogP contribution in [0.25, 0.3) is 0 Å². The lowest BCUT2D eigenvalue weighted by molar-refractivity contribution is -0.321. The van der Waals surface area contributed by atoms with Crippen LogP contribution in [0.4, 0.5) is 0 Å². The van der Waals surface area contributed by atoms with Crippen molar-refractivity contribution in [2.45, 2.75) is 18.5 Å². The summed E-state index contributed by atoms with van der Waals surface area (Å²) in [5.41, 5.74) is 0. The first kappa shape index (κ1) is 11.8. The maximum atomic E-state index is 10.1. The van der Waals surface area contributed by atoms with E-state index in [-0.39, 0.29) is 0 Å². The lowest BCUT2D eigenvalue weighted by Gasteiger charge is -2.16. The molecule has 0 aromatic rings. The van der Waals surface area contributed by atoms with E-state index in [1.807, 2.05) is 0 Å². The molecule has 0 rings (SSSR count). The van der Waals surface area contributed by atoms with Gasteiger partial charge < -0.3 is 20.4 Å². The fraction of sp³-hybridized carbons (Fsp3) is 1.00. The molecule has 74 valence electrons. The summed E-state index contributed by atoms with van der Waals surface area (Å²) in [6, 6.07) is 0. The van der Waals surface area contributed by atoms with Gasteiger partial charge in [-0.25, -0.2) is 0 Å². The van der Waals surface area contributed by atoms with Crippen molar-refractivity contribution < 1.29 is 33.4 Å². The maximum absolute atomic E-state index is 10.1. The van der Waals surface area contributed by atoms with E-state index in [9.17, 15) is 8.42 Å². The summed E-state index contributed by atoms with van der Waals surface area (Å²) in [4.78, 5) is 0. The van der Waals surface area contributed by atoms with Crippen LogP contribution in [-0.4, -0.2) is 51.2 Å². The Morgan fingerprint density at radius 1 is 1.25 bits per heavy atom. The maximum Gasteiger partial charge on any atom is 0.277 e. The standard InChI is InChI=1S/C4H10O7S/c5-3(1-4(6,7)8)2-12(9,10)11/h3,5-8H,1-2H2,(H,9,10,11). The quantitative estimate of drug-likeness (QED) is 0.246. The van der Waals surface area contributed by atoms with Crippen LogP contribution in [0.15, 0.2) is 0 Å². The van der Waals surface area contributed by atoms with Gasteiger partial charge >= 0.3 is 0 Å². The van der Waals surface area contributed by atoms with Crippen molar-refractivity contribution in [3.8, 4) is 0 Å². The van der Waals surface area contributed by atoms with Crippen molar-refractivity contribution in [2.75, 3.05) is 5.75 Å². The highest BCUT2D eigenvalue weighted by atomic mass is 32.2. The number of hydrogen-bond donors (Lipinski definition) is 5. The molecule has 0 aromatic heterocycles. The lowest BCUT2D eigenvalue weighted by atomic mass is 10.2. The summed E-state index contributed by atoms with van der Waals surface area (Å²) >= 11 is 0. The molecule has 0 radical (unpaired) electrons. The molecule has 0 amide bonds. The topological polar surface area (TPSA) is 135 Å². The van der Waals surface area contributed by atoms with Crippen molar-refractivity contribution in [3.05, 3.63) is 0 Å². The Labute approximate surface area is 68.6 Å². The number of rotatable bonds is 4. The smallest absolute Gasteiger partial charge is 0.277 e. The monoisotopic (exact) mass is 202 g/mol. The third kappa shape index (κ3) is 7.85. The van der Waals surface area contributed by atoms with Crippen LogP contribution in [0.3, 0.4) is 0 Å². The van der Waals surface area contributed by atoms with E-state index >= 15 is 0 Å². The SMILES string of the molecule is O=S(=O)(O)CC(O)CC(O)(O)O. The van der Waals surface area contributed by atoms with E-state index < -0.39 is 34.4 Å². The Morgan fingerprint density at radius 3 is 1.92 bits per heavy atom. The molecule has 0 aromatic carbocycles. The van der Waals surface area contributed by atoms with E-state index in [2.05, 4.69) is 0 Å². The van der Waals surface area contributed by atoms with Crippen molar-refractivity contribution in [3.63, 3.8) is 0 Å². The highest BCUT2D eigenvalue weighted by Crippen LogP contribution is 2.06. The van der Waals surface area contributed by atoms with E-state index in [1.165, 1.54) is 0 Å². The van der Waals surface area contributed by atoms with Crippen molar-refractivity contribution in [1.29, 1.82) is 0 Å². The van der Waals surface area contributed by atoms with Gasteiger partial charge in [0.2, 0.25) is 0 Å². The summed E-state index contributed by atoms with van der Waals surface area (Å²) in [6.07, 6.45) is -2.72. The second kappa shape index (κ2) is 3.64. The third-order valence-corrected chi connectivity index (χ3v) is 1.72. The summed E-state index contributed by atoms with van der Waals surface area (Å²) in [7, 11) is -4.38. The zero-order valence-electron chi connectivity index (χ0n) is 5.95. The van der Waals surface area contributed by atoms with Gasteiger partial charge in [0.1, 0.15) is 5.75 Å². The summed E-state index contributed by atoms with van der Waals surface area (Å²) in [6.45, 7) is 0. The molecule has 0 saturated carbocycles. The normalized spacial score (nSPS) is 16.1. The Bertz CT molecular complexity index is 224. The average Bonchev–Trinajstić information content (AvgIpc) is 1.49. The molecular weight excluding hydrogens is 192 g/mol. The molecule has 5 N–H and O–H groups in total. The highest BCUT2D eigenvalue weighted by molar-refractivity contribution is 7.85. The average molecular weight is 202 g/mol. The third-order valence-electron chi connectivity index (χ3n) is 0.912. The molecule has 8 heteroatoms. The molecule has 0 fully saturated rings.